The second-order valence-electron chi connectivity index (χ2n) is 3.33. The second kappa shape index (κ2) is 5.09. The van der Waals surface area contributed by atoms with Gasteiger partial charge in [0.25, 0.3) is 0 Å². The summed E-state index contributed by atoms with van der Waals surface area (Å²) >= 11 is 0. The van der Waals surface area contributed by atoms with Gasteiger partial charge in [-0.2, -0.15) is 13.2 Å². The maximum Gasteiger partial charge on any atom is 0.450 e. The topological polar surface area (TPSA) is 54.4 Å². The molecule has 0 heterocycles. The monoisotopic (exact) mass is 246 g/mol. The van der Waals surface area contributed by atoms with Gasteiger partial charge in [0.2, 0.25) is 5.78 Å². The third kappa shape index (κ3) is 3.13. The number of hydrogen-bond acceptors (Lipinski definition) is 3. The molecule has 0 saturated carbocycles. The van der Waals surface area contributed by atoms with E-state index < -0.39 is 30.3 Å². The number of rotatable bonds is 4. The van der Waals surface area contributed by atoms with Crippen LogP contribution in [-0.4, -0.2) is 29.5 Å². The zero-order chi connectivity index (χ0) is 13.1. The Morgan fingerprint density at radius 1 is 1.18 bits per heavy atom. The van der Waals surface area contributed by atoms with Gasteiger partial charge in [-0.3, -0.25) is 9.59 Å². The van der Waals surface area contributed by atoms with E-state index in [9.17, 15) is 22.8 Å². The molecule has 0 aromatic heterocycles. The maximum absolute atomic E-state index is 12.1. The molecule has 0 aliphatic carbocycles. The lowest BCUT2D eigenvalue weighted by Crippen LogP contribution is -2.37. The van der Waals surface area contributed by atoms with Gasteiger partial charge in [0.1, 0.15) is 5.92 Å². The molecule has 1 aromatic carbocycles. The van der Waals surface area contributed by atoms with Gasteiger partial charge in [-0.05, 0) is 0 Å². The van der Waals surface area contributed by atoms with E-state index in [0.717, 1.165) is 0 Å². The smallest absolute Gasteiger partial charge is 0.395 e. The number of benzene rings is 1. The largest absolute Gasteiger partial charge is 0.450 e. The van der Waals surface area contributed by atoms with E-state index in [0.29, 0.717) is 0 Å². The molecule has 0 aliphatic rings. The molecule has 0 saturated heterocycles. The average molecular weight is 246 g/mol. The Morgan fingerprint density at radius 3 is 2.12 bits per heavy atom. The molecule has 1 aromatic rings. The van der Waals surface area contributed by atoms with Crippen LogP contribution in [-0.2, 0) is 4.79 Å². The highest BCUT2D eigenvalue weighted by molar-refractivity contribution is 6.12. The Kier molecular flexibility index (Phi) is 4.01. The van der Waals surface area contributed by atoms with Crippen LogP contribution < -0.4 is 0 Å². The predicted molar refractivity (Wildman–Crippen MR) is 52.4 cm³/mol. The number of ketones is 2. The number of carbonyl (C=O) groups excluding carboxylic acids is 2. The van der Waals surface area contributed by atoms with Crippen molar-refractivity contribution in [3.05, 3.63) is 35.9 Å². The Balaban J connectivity index is 2.97. The Labute approximate surface area is 94.9 Å². The van der Waals surface area contributed by atoms with Crippen LogP contribution in [0.25, 0.3) is 0 Å². The van der Waals surface area contributed by atoms with Crippen LogP contribution in [0.2, 0.25) is 0 Å². The summed E-state index contributed by atoms with van der Waals surface area (Å²) in [6, 6.07) is 7.07. The molecular formula is C11H9F3O3. The zero-order valence-electron chi connectivity index (χ0n) is 8.57. The molecule has 1 N–H and O–H groups in total. The third-order valence-corrected chi connectivity index (χ3v) is 2.15. The van der Waals surface area contributed by atoms with Gasteiger partial charge >= 0.3 is 6.18 Å². The van der Waals surface area contributed by atoms with Crippen molar-refractivity contribution >= 4 is 11.6 Å². The van der Waals surface area contributed by atoms with E-state index in [2.05, 4.69) is 0 Å². The van der Waals surface area contributed by atoms with Gasteiger partial charge in [-0.1, -0.05) is 30.3 Å². The first-order valence-corrected chi connectivity index (χ1v) is 4.69. The SMILES string of the molecule is O=C(c1ccccc1)C(CO)C(=O)C(F)(F)F. The van der Waals surface area contributed by atoms with Gasteiger partial charge in [0, 0.05) is 5.56 Å². The number of aliphatic hydroxyl groups excluding tert-OH is 1. The number of alkyl halides is 3. The minimum atomic E-state index is -5.13. The van der Waals surface area contributed by atoms with Crippen molar-refractivity contribution in [2.75, 3.05) is 6.61 Å². The van der Waals surface area contributed by atoms with Crippen molar-refractivity contribution in [2.24, 2.45) is 5.92 Å². The Morgan fingerprint density at radius 2 is 1.71 bits per heavy atom. The Bertz CT molecular complexity index is 412. The average Bonchev–Trinajstić information content (AvgIpc) is 2.29. The van der Waals surface area contributed by atoms with Crippen molar-refractivity contribution in [3.8, 4) is 0 Å². The first-order chi connectivity index (χ1) is 7.88. The molecule has 0 amide bonds. The van der Waals surface area contributed by atoms with Crippen LogP contribution in [0.5, 0.6) is 0 Å². The Hall–Kier alpha value is -1.69. The lowest BCUT2D eigenvalue weighted by atomic mass is 9.94. The summed E-state index contributed by atoms with van der Waals surface area (Å²) in [6.45, 7) is -1.16. The highest BCUT2D eigenvalue weighted by Gasteiger charge is 2.45. The van der Waals surface area contributed by atoms with E-state index in [1.165, 1.54) is 24.3 Å². The van der Waals surface area contributed by atoms with E-state index in [-0.39, 0.29) is 5.56 Å². The molecule has 0 fully saturated rings. The van der Waals surface area contributed by atoms with Crippen LogP contribution in [0.15, 0.2) is 30.3 Å². The normalized spacial score (nSPS) is 13.2. The van der Waals surface area contributed by atoms with Crippen LogP contribution in [0.4, 0.5) is 13.2 Å². The van der Waals surface area contributed by atoms with Gasteiger partial charge in [-0.25, -0.2) is 0 Å². The molecule has 1 unspecified atom stereocenters. The summed E-state index contributed by atoms with van der Waals surface area (Å²) in [6.07, 6.45) is -5.13. The lowest BCUT2D eigenvalue weighted by molar-refractivity contribution is -0.174. The number of carbonyl (C=O) groups is 2. The van der Waals surface area contributed by atoms with Gasteiger partial charge in [-0.15, -0.1) is 0 Å². The fourth-order valence-corrected chi connectivity index (χ4v) is 1.29. The summed E-state index contributed by atoms with van der Waals surface area (Å²) in [5, 5.41) is 8.75. The lowest BCUT2D eigenvalue weighted by Gasteiger charge is -2.13. The fraction of sp³-hybridized carbons (Fsp3) is 0.273. The molecule has 0 aliphatic heterocycles. The maximum atomic E-state index is 12.1. The summed E-state index contributed by atoms with van der Waals surface area (Å²) in [5.74, 6) is -5.35. The molecule has 17 heavy (non-hydrogen) atoms. The predicted octanol–water partition coefficient (Wildman–Crippen LogP) is 1.61. The van der Waals surface area contributed by atoms with Crippen LogP contribution in [0.1, 0.15) is 10.4 Å². The zero-order valence-corrected chi connectivity index (χ0v) is 8.57. The summed E-state index contributed by atoms with van der Waals surface area (Å²) in [5.41, 5.74) is -0.0378. The number of aliphatic hydroxyl groups is 1. The summed E-state index contributed by atoms with van der Waals surface area (Å²) in [7, 11) is 0. The molecule has 6 heteroatoms. The highest BCUT2D eigenvalue weighted by atomic mass is 19.4. The molecule has 92 valence electrons. The van der Waals surface area contributed by atoms with Crippen molar-refractivity contribution in [2.45, 2.75) is 6.18 Å². The summed E-state index contributed by atoms with van der Waals surface area (Å²) in [4.78, 5) is 22.5. The van der Waals surface area contributed by atoms with Crippen LogP contribution in [0.3, 0.4) is 0 Å². The summed E-state index contributed by atoms with van der Waals surface area (Å²) < 4.78 is 36.4. The molecule has 0 bridgehead atoms. The van der Waals surface area contributed by atoms with Crippen LogP contribution >= 0.6 is 0 Å². The van der Waals surface area contributed by atoms with E-state index >= 15 is 0 Å². The van der Waals surface area contributed by atoms with Crippen molar-refractivity contribution in [1.82, 2.24) is 0 Å². The molecule has 1 rings (SSSR count). The molecular weight excluding hydrogens is 237 g/mol. The third-order valence-electron chi connectivity index (χ3n) is 2.15. The van der Waals surface area contributed by atoms with Crippen molar-refractivity contribution in [3.63, 3.8) is 0 Å². The number of halogens is 3. The minimum absolute atomic E-state index is 0.0378. The number of Topliss-reactive ketones (excluding diaryl/α,β-unsaturated/α-hetero) is 2. The van der Waals surface area contributed by atoms with E-state index in [1.54, 1.807) is 6.07 Å². The van der Waals surface area contributed by atoms with Crippen molar-refractivity contribution in [1.29, 1.82) is 0 Å². The minimum Gasteiger partial charge on any atom is -0.395 e. The molecule has 0 radical (unpaired) electrons. The van der Waals surface area contributed by atoms with E-state index in [4.69, 9.17) is 5.11 Å². The highest BCUT2D eigenvalue weighted by Crippen LogP contribution is 2.23. The molecule has 0 spiro atoms. The molecule has 3 nitrogen and oxygen atoms in total. The van der Waals surface area contributed by atoms with Crippen molar-refractivity contribution < 1.29 is 27.9 Å². The second-order valence-corrected chi connectivity index (χ2v) is 3.33. The molecule has 1 atom stereocenters. The standard InChI is InChI=1S/C11H9F3O3/c12-11(13,14)10(17)8(6-15)9(16)7-4-2-1-3-5-7/h1-5,8,15H,6H2. The van der Waals surface area contributed by atoms with Gasteiger partial charge in [0.15, 0.2) is 5.78 Å². The first kappa shape index (κ1) is 13.4. The van der Waals surface area contributed by atoms with Gasteiger partial charge in [0.05, 0.1) is 6.61 Å². The van der Waals surface area contributed by atoms with Gasteiger partial charge < -0.3 is 5.11 Å². The quantitative estimate of drug-likeness (QED) is 0.648. The number of hydrogen-bond donors (Lipinski definition) is 1. The van der Waals surface area contributed by atoms with E-state index in [1.807, 2.05) is 0 Å². The first-order valence-electron chi connectivity index (χ1n) is 4.69. The fourth-order valence-electron chi connectivity index (χ4n) is 1.29. The van der Waals surface area contributed by atoms with Crippen LogP contribution in [0, 0.1) is 5.92 Å².